The van der Waals surface area contributed by atoms with Gasteiger partial charge in [-0.25, -0.2) is 9.67 Å². The number of aromatic nitrogens is 3. The van der Waals surface area contributed by atoms with E-state index >= 15 is 0 Å². The van der Waals surface area contributed by atoms with E-state index in [4.69, 9.17) is 15.5 Å². The molecule has 0 saturated carbocycles. The van der Waals surface area contributed by atoms with E-state index in [9.17, 15) is 4.79 Å². The van der Waals surface area contributed by atoms with Crippen LogP contribution in [-0.4, -0.2) is 39.2 Å². The average molecular weight is 430 g/mol. The standard InChI is InChI=1S/C25H27N5O2/c1-32-20-9-7-17(8-10-20)15-30-24-22(14-28-30)21-11-12-29(16-19(21)13-27-24)25(31)23(26)18-5-3-2-4-6-18/h2-7,9,13-14,23H,8,10-12,15-16,26H2,1H3/t23-/m0/s1. The van der Waals surface area contributed by atoms with Crippen LogP contribution in [-0.2, 0) is 29.0 Å². The molecule has 2 aromatic heterocycles. The fourth-order valence-corrected chi connectivity index (χ4v) is 4.54. The summed E-state index contributed by atoms with van der Waals surface area (Å²) in [4.78, 5) is 19.5. The Balaban J connectivity index is 1.35. The van der Waals surface area contributed by atoms with Crippen LogP contribution in [0.5, 0.6) is 0 Å². The van der Waals surface area contributed by atoms with E-state index in [1.165, 1.54) is 11.1 Å². The third-order valence-electron chi connectivity index (χ3n) is 6.41. The lowest BCUT2D eigenvalue weighted by atomic mass is 9.97. The monoisotopic (exact) mass is 429 g/mol. The molecule has 164 valence electrons. The Labute approximate surface area is 187 Å². The molecule has 32 heavy (non-hydrogen) atoms. The van der Waals surface area contributed by atoms with E-state index in [0.717, 1.165) is 53.7 Å². The Morgan fingerprint density at radius 2 is 2.00 bits per heavy atom. The van der Waals surface area contributed by atoms with E-state index in [2.05, 4.69) is 11.2 Å². The van der Waals surface area contributed by atoms with Crippen LogP contribution < -0.4 is 5.73 Å². The predicted octanol–water partition coefficient (Wildman–Crippen LogP) is 3.27. The molecule has 0 fully saturated rings. The third-order valence-corrected chi connectivity index (χ3v) is 6.41. The molecule has 1 aromatic carbocycles. The molecule has 3 heterocycles. The zero-order chi connectivity index (χ0) is 22.1. The molecule has 2 aliphatic rings. The van der Waals surface area contributed by atoms with Gasteiger partial charge in [0.15, 0.2) is 5.65 Å². The second kappa shape index (κ2) is 8.59. The van der Waals surface area contributed by atoms with Crippen LogP contribution in [0, 0.1) is 0 Å². The van der Waals surface area contributed by atoms with E-state index in [1.807, 2.05) is 58.4 Å². The minimum absolute atomic E-state index is 0.0506. The summed E-state index contributed by atoms with van der Waals surface area (Å²) in [6.07, 6.45) is 10.6. The third kappa shape index (κ3) is 3.80. The van der Waals surface area contributed by atoms with E-state index in [1.54, 1.807) is 7.11 Å². The quantitative estimate of drug-likeness (QED) is 0.673. The number of pyridine rings is 1. The molecule has 1 atom stereocenters. The van der Waals surface area contributed by atoms with Crippen LogP contribution in [0.15, 0.2) is 66.2 Å². The maximum absolute atomic E-state index is 13.0. The van der Waals surface area contributed by atoms with E-state index in [0.29, 0.717) is 13.1 Å². The molecule has 1 amide bonds. The van der Waals surface area contributed by atoms with Crippen LogP contribution in [0.1, 0.15) is 35.6 Å². The van der Waals surface area contributed by atoms with Crippen molar-refractivity contribution in [2.24, 2.45) is 5.73 Å². The predicted molar refractivity (Wildman–Crippen MR) is 122 cm³/mol. The van der Waals surface area contributed by atoms with Crippen molar-refractivity contribution in [1.29, 1.82) is 0 Å². The number of rotatable bonds is 5. The summed E-state index contributed by atoms with van der Waals surface area (Å²) in [5, 5.41) is 5.70. The number of nitrogens with zero attached hydrogens (tertiary/aromatic N) is 4. The normalized spacial score (nSPS) is 16.9. The largest absolute Gasteiger partial charge is 0.501 e. The highest BCUT2D eigenvalue weighted by atomic mass is 16.5. The molecule has 7 nitrogen and oxygen atoms in total. The lowest BCUT2D eigenvalue weighted by Gasteiger charge is -2.31. The molecular weight excluding hydrogens is 402 g/mol. The Hall–Kier alpha value is -3.45. The Kier molecular flexibility index (Phi) is 5.49. The van der Waals surface area contributed by atoms with Crippen LogP contribution in [0.3, 0.4) is 0 Å². The summed E-state index contributed by atoms with van der Waals surface area (Å²) in [5.41, 5.74) is 11.6. The van der Waals surface area contributed by atoms with Gasteiger partial charge in [0.25, 0.3) is 0 Å². The zero-order valence-corrected chi connectivity index (χ0v) is 18.2. The van der Waals surface area contributed by atoms with Crippen LogP contribution in [0.2, 0.25) is 0 Å². The molecular formula is C25H27N5O2. The van der Waals surface area contributed by atoms with Gasteiger partial charge in [-0.15, -0.1) is 0 Å². The number of benzene rings is 1. The van der Waals surface area contributed by atoms with Crippen molar-refractivity contribution in [3.8, 4) is 0 Å². The first-order chi connectivity index (χ1) is 15.6. The van der Waals surface area contributed by atoms with Crippen molar-refractivity contribution in [2.45, 2.75) is 38.4 Å². The lowest BCUT2D eigenvalue weighted by Crippen LogP contribution is -2.41. The fraction of sp³-hybridized carbons (Fsp3) is 0.320. The Morgan fingerprint density at radius 3 is 2.75 bits per heavy atom. The highest BCUT2D eigenvalue weighted by Crippen LogP contribution is 2.28. The molecule has 0 bridgehead atoms. The maximum atomic E-state index is 13.0. The van der Waals surface area contributed by atoms with E-state index < -0.39 is 6.04 Å². The summed E-state index contributed by atoms with van der Waals surface area (Å²) in [6, 6.07) is 8.88. The second-order valence-electron chi connectivity index (χ2n) is 8.36. The smallest absolute Gasteiger partial charge is 0.244 e. The maximum Gasteiger partial charge on any atom is 0.244 e. The molecule has 0 saturated heterocycles. The van der Waals surface area contributed by atoms with Crippen LogP contribution in [0.25, 0.3) is 11.0 Å². The van der Waals surface area contributed by atoms with Crippen molar-refractivity contribution in [2.75, 3.05) is 13.7 Å². The van der Waals surface area contributed by atoms with Crippen molar-refractivity contribution in [1.82, 2.24) is 19.7 Å². The van der Waals surface area contributed by atoms with Crippen LogP contribution >= 0.6 is 0 Å². The van der Waals surface area contributed by atoms with Gasteiger partial charge in [0.1, 0.15) is 6.04 Å². The number of carbonyl (C=O) groups is 1. The Bertz CT molecular complexity index is 1210. The fourth-order valence-electron chi connectivity index (χ4n) is 4.54. The number of allylic oxidation sites excluding steroid dienone is 4. The van der Waals surface area contributed by atoms with Gasteiger partial charge in [0.05, 0.1) is 25.6 Å². The minimum Gasteiger partial charge on any atom is -0.501 e. The van der Waals surface area contributed by atoms with Gasteiger partial charge in [-0.2, -0.15) is 5.10 Å². The highest BCUT2D eigenvalue weighted by molar-refractivity contribution is 5.85. The van der Waals surface area contributed by atoms with Gasteiger partial charge in [-0.05, 0) is 41.2 Å². The molecule has 1 aliphatic heterocycles. The molecule has 3 aromatic rings. The van der Waals surface area contributed by atoms with Gasteiger partial charge in [-0.1, -0.05) is 36.4 Å². The van der Waals surface area contributed by atoms with Gasteiger partial charge in [0, 0.05) is 31.1 Å². The number of methoxy groups -OCH3 is 1. The van der Waals surface area contributed by atoms with Crippen molar-refractivity contribution < 1.29 is 9.53 Å². The molecule has 0 radical (unpaired) electrons. The van der Waals surface area contributed by atoms with Gasteiger partial charge >= 0.3 is 0 Å². The van der Waals surface area contributed by atoms with Crippen molar-refractivity contribution in [3.63, 3.8) is 0 Å². The summed E-state index contributed by atoms with van der Waals surface area (Å²) in [6.45, 7) is 1.89. The number of amides is 1. The summed E-state index contributed by atoms with van der Waals surface area (Å²) < 4.78 is 7.29. The van der Waals surface area contributed by atoms with Crippen LogP contribution in [0.4, 0.5) is 0 Å². The molecule has 0 spiro atoms. The number of carbonyl (C=O) groups excluding carboxylic acids is 1. The number of hydrogen-bond acceptors (Lipinski definition) is 5. The molecule has 7 heteroatoms. The molecule has 5 rings (SSSR count). The summed E-state index contributed by atoms with van der Waals surface area (Å²) in [5.74, 6) is 0.961. The average Bonchev–Trinajstić information content (AvgIpc) is 3.26. The highest BCUT2D eigenvalue weighted by Gasteiger charge is 2.27. The topological polar surface area (TPSA) is 86.3 Å². The SMILES string of the molecule is COC1=CC=C(Cn2ncc3c4c(cnc32)CN(C(=O)[C@@H](N)c2ccccc2)CC4)CC1. The van der Waals surface area contributed by atoms with E-state index in [-0.39, 0.29) is 5.91 Å². The number of hydrogen-bond donors (Lipinski definition) is 1. The van der Waals surface area contributed by atoms with Crippen molar-refractivity contribution in [3.05, 3.63) is 82.9 Å². The van der Waals surface area contributed by atoms with Gasteiger partial charge in [-0.3, -0.25) is 4.79 Å². The first-order valence-electron chi connectivity index (χ1n) is 11.0. The first kappa shape index (κ1) is 20.5. The van der Waals surface area contributed by atoms with Gasteiger partial charge in [0.2, 0.25) is 5.91 Å². The number of nitrogens with two attached hydrogens (primary N) is 1. The van der Waals surface area contributed by atoms with Crippen molar-refractivity contribution >= 4 is 16.9 Å². The molecule has 2 N–H and O–H groups in total. The second-order valence-corrected chi connectivity index (χ2v) is 8.36. The minimum atomic E-state index is -0.645. The molecule has 1 aliphatic carbocycles. The number of ether oxygens (including phenoxy) is 1. The van der Waals surface area contributed by atoms with Gasteiger partial charge < -0.3 is 15.4 Å². The summed E-state index contributed by atoms with van der Waals surface area (Å²) >= 11 is 0. The molecule has 0 unspecified atom stereocenters. The Morgan fingerprint density at radius 1 is 1.16 bits per heavy atom. The zero-order valence-electron chi connectivity index (χ0n) is 18.2. The first-order valence-corrected chi connectivity index (χ1v) is 11.0. The number of fused-ring (bicyclic) bond motifs is 3. The summed E-state index contributed by atoms with van der Waals surface area (Å²) in [7, 11) is 1.71. The lowest BCUT2D eigenvalue weighted by molar-refractivity contribution is -0.133.